The van der Waals surface area contributed by atoms with Gasteiger partial charge in [-0.05, 0) is 6.92 Å². The van der Waals surface area contributed by atoms with Crippen molar-refractivity contribution in [2.24, 2.45) is 0 Å². The summed E-state index contributed by atoms with van der Waals surface area (Å²) in [5, 5.41) is 17.8. The van der Waals surface area contributed by atoms with Gasteiger partial charge >= 0.3 is 0 Å². The van der Waals surface area contributed by atoms with Crippen LogP contribution in [0, 0.1) is 10.1 Å². The van der Waals surface area contributed by atoms with Crippen molar-refractivity contribution < 1.29 is 4.92 Å². The summed E-state index contributed by atoms with van der Waals surface area (Å²) in [7, 11) is 0. The highest BCUT2D eigenvalue weighted by Crippen LogP contribution is 2.21. The molecule has 1 aromatic heterocycles. The summed E-state index contributed by atoms with van der Waals surface area (Å²) in [6.07, 6.45) is 1.43. The number of nitrogens with one attached hydrogen (secondary N) is 1. The molecular weight excluding hydrogens is 296 g/mol. The quantitative estimate of drug-likeness (QED) is 0.676. The van der Waals surface area contributed by atoms with Crippen molar-refractivity contribution in [2.45, 2.75) is 20.0 Å². The number of aryl methyl sites for hydroxylation is 1. The third-order valence-corrected chi connectivity index (χ3v) is 3.31. The molecule has 0 aliphatic carbocycles. The van der Waals surface area contributed by atoms with Gasteiger partial charge in [0.1, 0.15) is 5.02 Å². The highest BCUT2D eigenvalue weighted by Gasteiger charge is 2.13. The lowest BCUT2D eigenvalue weighted by Gasteiger charge is -2.09. The van der Waals surface area contributed by atoms with E-state index in [4.69, 9.17) is 11.6 Å². The van der Waals surface area contributed by atoms with E-state index in [9.17, 15) is 14.9 Å². The number of rotatable bonds is 5. The molecule has 0 radical (unpaired) electrons. The lowest BCUT2D eigenvalue weighted by Crippen LogP contribution is -2.23. The third kappa shape index (κ3) is 3.19. The van der Waals surface area contributed by atoms with Crippen molar-refractivity contribution in [1.82, 2.24) is 9.78 Å². The Labute approximate surface area is 125 Å². The number of anilines is 1. The van der Waals surface area contributed by atoms with Gasteiger partial charge in [0.2, 0.25) is 0 Å². The maximum atomic E-state index is 11.8. The number of nitro benzene ring substituents is 1. The predicted octanol–water partition coefficient (Wildman–Crippen LogP) is 2.44. The second kappa shape index (κ2) is 6.36. The van der Waals surface area contributed by atoms with E-state index in [1.807, 2.05) is 0 Å². The van der Waals surface area contributed by atoms with Crippen molar-refractivity contribution in [2.75, 3.05) is 5.32 Å². The number of aromatic nitrogens is 2. The van der Waals surface area contributed by atoms with Gasteiger partial charge in [-0.25, -0.2) is 4.68 Å². The van der Waals surface area contributed by atoms with Gasteiger partial charge in [0.15, 0.2) is 0 Å². The summed E-state index contributed by atoms with van der Waals surface area (Å²) in [5.74, 6) is 0. The molecule has 0 fully saturated rings. The molecule has 1 N–H and O–H groups in total. The summed E-state index contributed by atoms with van der Waals surface area (Å²) >= 11 is 5.98. The predicted molar refractivity (Wildman–Crippen MR) is 79.6 cm³/mol. The Hall–Kier alpha value is -2.41. The molecule has 2 rings (SSSR count). The first-order valence-electron chi connectivity index (χ1n) is 6.26. The van der Waals surface area contributed by atoms with Gasteiger partial charge in [-0.15, -0.1) is 0 Å². The van der Waals surface area contributed by atoms with Gasteiger partial charge in [0.25, 0.3) is 11.2 Å². The maximum Gasteiger partial charge on any atom is 0.287 e. The standard InChI is InChI=1S/C13H13ClN4O3/c1-2-17-13(19)12(14)10(8-16-17)15-7-9-5-3-4-6-11(9)18(20)21/h3-6,8,15H,2,7H2,1H3. The molecule has 0 amide bonds. The van der Waals surface area contributed by atoms with Gasteiger partial charge in [-0.2, -0.15) is 5.10 Å². The molecule has 0 spiro atoms. The summed E-state index contributed by atoms with van der Waals surface area (Å²) in [4.78, 5) is 22.3. The first kappa shape index (κ1) is 15.0. The van der Waals surface area contributed by atoms with Crippen LogP contribution < -0.4 is 10.9 Å². The van der Waals surface area contributed by atoms with Crippen LogP contribution in [0.5, 0.6) is 0 Å². The Morgan fingerprint density at radius 3 is 2.81 bits per heavy atom. The number of nitro groups is 1. The molecule has 0 aliphatic heterocycles. The maximum absolute atomic E-state index is 11.8. The normalized spacial score (nSPS) is 10.4. The fraction of sp³-hybridized carbons (Fsp3) is 0.231. The number of benzene rings is 1. The molecule has 0 unspecified atom stereocenters. The van der Waals surface area contributed by atoms with Crippen LogP contribution in [-0.4, -0.2) is 14.7 Å². The molecule has 0 bridgehead atoms. The van der Waals surface area contributed by atoms with Gasteiger partial charge in [0.05, 0.1) is 16.8 Å². The van der Waals surface area contributed by atoms with Crippen LogP contribution in [-0.2, 0) is 13.1 Å². The first-order chi connectivity index (χ1) is 10.0. The lowest BCUT2D eigenvalue weighted by atomic mass is 10.2. The van der Waals surface area contributed by atoms with E-state index in [1.165, 1.54) is 16.9 Å². The van der Waals surface area contributed by atoms with Crippen LogP contribution >= 0.6 is 11.6 Å². The topological polar surface area (TPSA) is 90.1 Å². The van der Waals surface area contributed by atoms with E-state index < -0.39 is 10.5 Å². The van der Waals surface area contributed by atoms with Crippen LogP contribution in [0.4, 0.5) is 11.4 Å². The SMILES string of the molecule is CCn1ncc(NCc2ccccc2[N+](=O)[O-])c(Cl)c1=O. The molecule has 0 atom stereocenters. The third-order valence-electron chi connectivity index (χ3n) is 2.94. The number of halogens is 1. The van der Waals surface area contributed by atoms with Gasteiger partial charge in [-0.3, -0.25) is 14.9 Å². The fourth-order valence-corrected chi connectivity index (χ4v) is 2.06. The minimum absolute atomic E-state index is 0.0102. The van der Waals surface area contributed by atoms with E-state index >= 15 is 0 Å². The molecule has 2 aromatic rings. The molecule has 0 saturated carbocycles. The zero-order valence-corrected chi connectivity index (χ0v) is 12.0. The minimum atomic E-state index is -0.452. The van der Waals surface area contributed by atoms with Crippen LogP contribution in [0.15, 0.2) is 35.3 Å². The van der Waals surface area contributed by atoms with Crippen molar-refractivity contribution in [3.05, 3.63) is 61.5 Å². The van der Waals surface area contributed by atoms with Crippen molar-refractivity contribution in [1.29, 1.82) is 0 Å². The summed E-state index contributed by atoms with van der Waals surface area (Å²) < 4.78 is 1.23. The molecule has 0 aliphatic rings. The Morgan fingerprint density at radius 1 is 1.43 bits per heavy atom. The van der Waals surface area contributed by atoms with Crippen molar-refractivity contribution in [3.63, 3.8) is 0 Å². The van der Waals surface area contributed by atoms with Crippen LogP contribution in [0.1, 0.15) is 12.5 Å². The molecule has 8 heteroatoms. The number of hydrogen-bond acceptors (Lipinski definition) is 5. The second-order valence-electron chi connectivity index (χ2n) is 4.23. The molecule has 0 saturated heterocycles. The average molecular weight is 309 g/mol. The smallest absolute Gasteiger partial charge is 0.287 e. The Bertz CT molecular complexity index is 730. The summed E-state index contributed by atoms with van der Waals surface area (Å²) in [6, 6.07) is 6.36. The monoisotopic (exact) mass is 308 g/mol. The Balaban J connectivity index is 2.24. The van der Waals surface area contributed by atoms with Gasteiger partial charge < -0.3 is 5.32 Å². The highest BCUT2D eigenvalue weighted by molar-refractivity contribution is 6.32. The van der Waals surface area contributed by atoms with E-state index in [1.54, 1.807) is 25.1 Å². The molecule has 110 valence electrons. The van der Waals surface area contributed by atoms with Crippen LogP contribution in [0.25, 0.3) is 0 Å². The fourth-order valence-electron chi connectivity index (χ4n) is 1.84. The number of nitrogens with zero attached hydrogens (tertiary/aromatic N) is 3. The molecular formula is C13H13ClN4O3. The van der Waals surface area contributed by atoms with E-state index in [2.05, 4.69) is 10.4 Å². The highest BCUT2D eigenvalue weighted by atomic mass is 35.5. The summed E-state index contributed by atoms with van der Waals surface area (Å²) in [5.41, 5.74) is 0.463. The zero-order chi connectivity index (χ0) is 15.4. The Kier molecular flexibility index (Phi) is 4.54. The summed E-state index contributed by atoms with van der Waals surface area (Å²) in [6.45, 7) is 2.38. The molecule has 1 aromatic carbocycles. The van der Waals surface area contributed by atoms with Gasteiger partial charge in [-0.1, -0.05) is 29.8 Å². The Morgan fingerprint density at radius 2 is 2.14 bits per heavy atom. The van der Waals surface area contributed by atoms with Crippen molar-refractivity contribution >= 4 is 23.0 Å². The zero-order valence-electron chi connectivity index (χ0n) is 11.2. The molecule has 21 heavy (non-hydrogen) atoms. The van der Waals surface area contributed by atoms with Crippen LogP contribution in [0.3, 0.4) is 0 Å². The minimum Gasteiger partial charge on any atom is -0.378 e. The van der Waals surface area contributed by atoms with Crippen LogP contribution in [0.2, 0.25) is 5.02 Å². The molecule has 1 heterocycles. The van der Waals surface area contributed by atoms with Crippen molar-refractivity contribution in [3.8, 4) is 0 Å². The average Bonchev–Trinajstić information content (AvgIpc) is 2.49. The molecule has 7 nitrogen and oxygen atoms in total. The number of hydrogen-bond donors (Lipinski definition) is 1. The first-order valence-corrected chi connectivity index (χ1v) is 6.64. The van der Waals surface area contributed by atoms with E-state index in [0.717, 1.165) is 0 Å². The largest absolute Gasteiger partial charge is 0.378 e. The van der Waals surface area contributed by atoms with E-state index in [0.29, 0.717) is 17.8 Å². The van der Waals surface area contributed by atoms with E-state index in [-0.39, 0.29) is 17.3 Å². The lowest BCUT2D eigenvalue weighted by molar-refractivity contribution is -0.385. The van der Waals surface area contributed by atoms with Gasteiger partial charge in [0, 0.05) is 24.7 Å². The second-order valence-corrected chi connectivity index (χ2v) is 4.61. The number of para-hydroxylation sites is 1.